The van der Waals surface area contributed by atoms with Gasteiger partial charge in [0.25, 0.3) is 0 Å². The molecule has 1 aliphatic carbocycles. The Bertz CT molecular complexity index is 506. The Morgan fingerprint density at radius 1 is 1.17 bits per heavy atom. The summed E-state index contributed by atoms with van der Waals surface area (Å²) in [5.74, 6) is 0.360. The number of aromatic nitrogens is 1. The number of nitrogens with one attached hydrogen (secondary N) is 1. The molecule has 0 spiro atoms. The topological polar surface area (TPSA) is 45.2 Å². The van der Waals surface area contributed by atoms with E-state index in [1.54, 1.807) is 6.20 Å². The van der Waals surface area contributed by atoms with E-state index in [0.29, 0.717) is 5.25 Å². The number of likely N-dealkylation sites (tertiary alicyclic amines) is 1. The number of hydrogen-bond acceptors (Lipinski definition) is 4. The lowest BCUT2D eigenvalue weighted by Crippen LogP contribution is -2.31. The Kier molecular flexibility index (Phi) is 5.95. The van der Waals surface area contributed by atoms with Gasteiger partial charge in [-0.15, -0.1) is 11.8 Å². The fourth-order valence-corrected chi connectivity index (χ4v) is 4.45. The van der Waals surface area contributed by atoms with Crippen LogP contribution in [0.25, 0.3) is 0 Å². The normalized spacial score (nSPS) is 21.3. The number of amides is 1. The van der Waals surface area contributed by atoms with Gasteiger partial charge in [0.1, 0.15) is 0 Å². The summed E-state index contributed by atoms with van der Waals surface area (Å²) in [4.78, 5) is 19.2. The first-order valence-electron chi connectivity index (χ1n) is 8.83. The second kappa shape index (κ2) is 8.15. The van der Waals surface area contributed by atoms with Crippen LogP contribution in [0.3, 0.4) is 0 Å². The van der Waals surface area contributed by atoms with Crippen LogP contribution in [-0.4, -0.2) is 41.2 Å². The average molecular weight is 334 g/mol. The van der Waals surface area contributed by atoms with E-state index < -0.39 is 0 Å². The average Bonchev–Trinajstić information content (AvgIpc) is 2.59. The molecule has 1 aromatic heterocycles. The van der Waals surface area contributed by atoms with E-state index in [2.05, 4.69) is 22.2 Å². The molecule has 1 N–H and O–H groups in total. The predicted molar refractivity (Wildman–Crippen MR) is 95.8 cm³/mol. The van der Waals surface area contributed by atoms with Gasteiger partial charge in [0, 0.05) is 11.2 Å². The molecule has 2 aliphatic rings. The van der Waals surface area contributed by atoms with Crippen LogP contribution >= 0.6 is 11.8 Å². The van der Waals surface area contributed by atoms with Crippen LogP contribution in [0.1, 0.15) is 44.9 Å². The van der Waals surface area contributed by atoms with E-state index in [4.69, 9.17) is 0 Å². The molecule has 1 saturated carbocycles. The van der Waals surface area contributed by atoms with Crippen LogP contribution in [0.4, 0.5) is 5.69 Å². The van der Waals surface area contributed by atoms with Gasteiger partial charge < -0.3 is 10.2 Å². The number of thioether (sulfide) groups is 1. The first-order chi connectivity index (χ1) is 11.2. The summed E-state index contributed by atoms with van der Waals surface area (Å²) < 4.78 is 0. The van der Waals surface area contributed by atoms with Crippen LogP contribution in [0.15, 0.2) is 23.4 Å². The van der Waals surface area contributed by atoms with Crippen molar-refractivity contribution >= 4 is 23.4 Å². The highest BCUT2D eigenvalue weighted by Gasteiger charge is 2.21. The second-order valence-electron chi connectivity index (χ2n) is 6.83. The first-order valence-corrected chi connectivity index (χ1v) is 9.71. The molecule has 0 bridgehead atoms. The highest BCUT2D eigenvalue weighted by Crippen LogP contribution is 2.29. The van der Waals surface area contributed by atoms with Crippen molar-refractivity contribution in [2.75, 3.05) is 25.5 Å². The summed E-state index contributed by atoms with van der Waals surface area (Å²) in [6.45, 7) is 2.35. The van der Waals surface area contributed by atoms with E-state index in [9.17, 15) is 4.79 Å². The molecule has 0 radical (unpaired) electrons. The number of carbonyl (C=O) groups excluding carboxylic acids is 1. The molecule has 5 heteroatoms. The number of rotatable bonds is 4. The van der Waals surface area contributed by atoms with Crippen molar-refractivity contribution in [3.8, 4) is 0 Å². The van der Waals surface area contributed by atoms with Gasteiger partial charge >= 0.3 is 0 Å². The Labute approximate surface area is 143 Å². The molecule has 23 heavy (non-hydrogen) atoms. The fourth-order valence-electron chi connectivity index (χ4n) is 3.41. The summed E-state index contributed by atoms with van der Waals surface area (Å²) in [6.07, 6.45) is 9.95. The molecule has 0 aromatic carbocycles. The largest absolute Gasteiger partial charge is 0.324 e. The van der Waals surface area contributed by atoms with E-state index in [-0.39, 0.29) is 11.8 Å². The molecule has 1 saturated heterocycles. The summed E-state index contributed by atoms with van der Waals surface area (Å²) in [5.41, 5.74) is 0.827. The zero-order valence-corrected chi connectivity index (χ0v) is 14.8. The standard InChI is InChI=1S/C18H27N3OS/c1-21-11-9-16(10-12-21)23-17-8-7-15(13-19-17)20-18(22)14-5-3-2-4-6-14/h7-8,13-14,16H,2-6,9-12H2,1H3,(H,20,22). The molecule has 3 rings (SSSR count). The maximum atomic E-state index is 12.3. The summed E-state index contributed by atoms with van der Waals surface area (Å²) >= 11 is 1.87. The Morgan fingerprint density at radius 2 is 1.91 bits per heavy atom. The lowest BCUT2D eigenvalue weighted by molar-refractivity contribution is -0.120. The monoisotopic (exact) mass is 333 g/mol. The Morgan fingerprint density at radius 3 is 2.57 bits per heavy atom. The van der Waals surface area contributed by atoms with Crippen molar-refractivity contribution in [2.24, 2.45) is 5.92 Å². The van der Waals surface area contributed by atoms with Crippen molar-refractivity contribution in [3.05, 3.63) is 18.3 Å². The van der Waals surface area contributed by atoms with Gasteiger partial charge in [0.15, 0.2) is 0 Å². The number of nitrogens with zero attached hydrogens (tertiary/aromatic N) is 2. The molecule has 0 atom stereocenters. The minimum absolute atomic E-state index is 0.169. The molecule has 2 fully saturated rings. The number of piperidine rings is 1. The van der Waals surface area contributed by atoms with E-state index in [1.807, 2.05) is 23.9 Å². The SMILES string of the molecule is CN1CCC(Sc2ccc(NC(=O)C3CCCCC3)cn2)CC1. The third kappa shape index (κ3) is 4.95. The number of pyridine rings is 1. The van der Waals surface area contributed by atoms with Crippen molar-refractivity contribution in [3.63, 3.8) is 0 Å². The van der Waals surface area contributed by atoms with Crippen LogP contribution < -0.4 is 5.32 Å². The van der Waals surface area contributed by atoms with E-state index >= 15 is 0 Å². The smallest absolute Gasteiger partial charge is 0.227 e. The predicted octanol–water partition coefficient (Wildman–Crippen LogP) is 3.79. The second-order valence-corrected chi connectivity index (χ2v) is 8.15. The molecule has 4 nitrogen and oxygen atoms in total. The summed E-state index contributed by atoms with van der Waals surface area (Å²) in [7, 11) is 2.18. The van der Waals surface area contributed by atoms with Gasteiger partial charge in [-0.25, -0.2) is 4.98 Å². The molecule has 2 heterocycles. The number of anilines is 1. The zero-order chi connectivity index (χ0) is 16.1. The number of carbonyl (C=O) groups is 1. The quantitative estimate of drug-likeness (QED) is 0.910. The first kappa shape index (κ1) is 16.8. The van der Waals surface area contributed by atoms with Crippen LogP contribution in [0.5, 0.6) is 0 Å². The highest BCUT2D eigenvalue weighted by molar-refractivity contribution is 7.99. The minimum Gasteiger partial charge on any atom is -0.324 e. The van der Waals surface area contributed by atoms with Crippen molar-refractivity contribution in [1.29, 1.82) is 0 Å². The molecule has 126 valence electrons. The lowest BCUT2D eigenvalue weighted by Gasteiger charge is -2.28. The maximum absolute atomic E-state index is 12.3. The van der Waals surface area contributed by atoms with Crippen LogP contribution in [0, 0.1) is 5.92 Å². The van der Waals surface area contributed by atoms with Gasteiger partial charge in [0.2, 0.25) is 5.91 Å². The van der Waals surface area contributed by atoms with Gasteiger partial charge in [-0.1, -0.05) is 19.3 Å². The Hall–Kier alpha value is -1.07. The molecule has 1 amide bonds. The maximum Gasteiger partial charge on any atom is 0.227 e. The van der Waals surface area contributed by atoms with Gasteiger partial charge in [-0.3, -0.25) is 4.79 Å². The molecular weight excluding hydrogens is 306 g/mol. The van der Waals surface area contributed by atoms with E-state index in [0.717, 1.165) is 23.6 Å². The number of hydrogen-bond donors (Lipinski definition) is 1. The van der Waals surface area contributed by atoms with Crippen molar-refractivity contribution in [1.82, 2.24) is 9.88 Å². The van der Waals surface area contributed by atoms with Crippen LogP contribution in [0.2, 0.25) is 0 Å². The zero-order valence-electron chi connectivity index (χ0n) is 14.0. The Balaban J connectivity index is 1.49. The minimum atomic E-state index is 0.169. The third-order valence-electron chi connectivity index (χ3n) is 4.93. The fraction of sp³-hybridized carbons (Fsp3) is 0.667. The van der Waals surface area contributed by atoms with Gasteiger partial charge in [-0.2, -0.15) is 0 Å². The summed E-state index contributed by atoms with van der Waals surface area (Å²) in [5, 5.41) is 4.76. The molecule has 1 aliphatic heterocycles. The van der Waals surface area contributed by atoms with Crippen molar-refractivity contribution in [2.45, 2.75) is 55.2 Å². The lowest BCUT2D eigenvalue weighted by atomic mass is 9.88. The highest BCUT2D eigenvalue weighted by atomic mass is 32.2. The summed E-state index contributed by atoms with van der Waals surface area (Å²) in [6, 6.07) is 4.03. The molecular formula is C18H27N3OS. The van der Waals surface area contributed by atoms with Crippen LogP contribution in [-0.2, 0) is 4.79 Å². The molecule has 0 unspecified atom stereocenters. The van der Waals surface area contributed by atoms with E-state index in [1.165, 1.54) is 45.2 Å². The molecule has 1 aromatic rings. The third-order valence-corrected chi connectivity index (χ3v) is 6.22. The van der Waals surface area contributed by atoms with Gasteiger partial charge in [-0.05, 0) is 58.0 Å². The van der Waals surface area contributed by atoms with Crippen molar-refractivity contribution < 1.29 is 4.79 Å². The van der Waals surface area contributed by atoms with Gasteiger partial charge in [0.05, 0.1) is 16.9 Å².